The Labute approximate surface area is 169 Å². The van der Waals surface area contributed by atoms with E-state index in [-0.39, 0.29) is 12.0 Å². The molecule has 3 rings (SSSR count). The van der Waals surface area contributed by atoms with Gasteiger partial charge in [0.15, 0.2) is 0 Å². The first-order valence-electron chi connectivity index (χ1n) is 9.04. The Hall–Kier alpha value is -1.22. The zero-order chi connectivity index (χ0) is 18.6. The van der Waals surface area contributed by atoms with Crippen molar-refractivity contribution in [2.75, 3.05) is 6.16 Å². The van der Waals surface area contributed by atoms with Crippen LogP contribution < -0.4 is 15.9 Å². The van der Waals surface area contributed by atoms with Crippen molar-refractivity contribution in [2.45, 2.75) is 20.0 Å². The molecule has 3 aromatic rings. The number of rotatable bonds is 6. The summed E-state index contributed by atoms with van der Waals surface area (Å²) in [5.41, 5.74) is 0. The summed E-state index contributed by atoms with van der Waals surface area (Å²) in [6.07, 6.45) is 0.587. The topological polar surface area (TPSA) is 20.2 Å². The van der Waals surface area contributed by atoms with Gasteiger partial charge in [-0.15, -0.1) is 0 Å². The van der Waals surface area contributed by atoms with E-state index in [1.165, 1.54) is 15.9 Å². The third kappa shape index (κ3) is 3.35. The fraction of sp³-hybridized carbons (Fsp3) is 0.217. The van der Waals surface area contributed by atoms with Crippen LogP contribution in [-0.2, 0) is 0 Å². The number of aliphatic hydroxyl groups is 1. The molecule has 0 saturated carbocycles. The van der Waals surface area contributed by atoms with Gasteiger partial charge >= 0.3 is 170 Å². The predicted molar refractivity (Wildman–Crippen MR) is 125 cm³/mol. The Morgan fingerprint density at radius 3 is 1.27 bits per heavy atom. The molecule has 0 aliphatic heterocycles. The van der Waals surface area contributed by atoms with E-state index < -0.39 is 4.25 Å². The zero-order valence-corrected chi connectivity index (χ0v) is 18.3. The van der Waals surface area contributed by atoms with Gasteiger partial charge in [0, 0.05) is 0 Å². The van der Waals surface area contributed by atoms with Crippen molar-refractivity contribution in [2.24, 2.45) is 5.92 Å². The summed E-state index contributed by atoms with van der Waals surface area (Å²) >= 11 is 2.77. The summed E-state index contributed by atoms with van der Waals surface area (Å²) in [5.74, 6) is 0.185. The molecule has 0 aliphatic rings. The average molecular weight is 476 g/mol. The van der Waals surface area contributed by atoms with Crippen LogP contribution in [0.3, 0.4) is 0 Å². The Morgan fingerprint density at radius 1 is 0.692 bits per heavy atom. The maximum atomic E-state index is 10.4. The van der Waals surface area contributed by atoms with Gasteiger partial charge in [0.1, 0.15) is 0 Å². The minimum atomic E-state index is -2.75. The monoisotopic (exact) mass is 476 g/mol. The van der Waals surface area contributed by atoms with Crippen LogP contribution >= 0.6 is 26.3 Å². The predicted octanol–water partition coefficient (Wildman–Crippen LogP) is 4.88. The molecular weight excluding hydrogens is 450 g/mol. The molecule has 2 atom stereocenters. The first-order valence-corrected chi connectivity index (χ1v) is 14.2. The van der Waals surface area contributed by atoms with E-state index in [9.17, 15) is 5.11 Å². The Bertz CT molecular complexity index is 734. The van der Waals surface area contributed by atoms with Crippen molar-refractivity contribution in [3.05, 3.63) is 91.0 Å². The second-order valence-electron chi connectivity index (χ2n) is 7.09. The van der Waals surface area contributed by atoms with E-state index in [1.54, 1.807) is 0 Å². The Morgan fingerprint density at radius 2 is 1.00 bits per heavy atom. The molecule has 0 spiro atoms. The first-order chi connectivity index (χ1) is 12.5. The quantitative estimate of drug-likeness (QED) is 0.397. The van der Waals surface area contributed by atoms with Gasteiger partial charge in [-0.1, -0.05) is 0 Å². The summed E-state index contributed by atoms with van der Waals surface area (Å²) in [7, 11) is 0. The van der Waals surface area contributed by atoms with Crippen LogP contribution in [0.1, 0.15) is 13.8 Å². The number of hydrogen-bond acceptors (Lipinski definition) is 1. The van der Waals surface area contributed by atoms with Crippen LogP contribution in [-0.4, -0.2) is 17.4 Å². The SMILES string of the molecule is C[C@H](O)[C@H](C)CP(I)(c1ccccc1)(c1ccccc1)c1ccccc1. The molecule has 1 nitrogen and oxygen atoms in total. The normalized spacial score (nSPS) is 15.6. The van der Waals surface area contributed by atoms with Gasteiger partial charge in [-0.25, -0.2) is 0 Å². The van der Waals surface area contributed by atoms with Crippen LogP contribution in [0.4, 0.5) is 0 Å². The standard InChI is InChI=1S/C23H26IOP/c1-19(20(2)25)18-26(24,21-12-6-3-7-13-21,22-14-8-4-9-15-22)23-16-10-5-11-17-23/h3-17,19-20,25H,18H2,1-2H3/t19-,20+/m1/s1. The second-order valence-corrected chi connectivity index (χ2v) is 17.8. The molecule has 26 heavy (non-hydrogen) atoms. The molecule has 0 fully saturated rings. The fourth-order valence-corrected chi connectivity index (χ4v) is 13.7. The number of halogens is 1. The summed E-state index contributed by atoms with van der Waals surface area (Å²) in [6, 6.07) is 32.6. The summed E-state index contributed by atoms with van der Waals surface area (Å²) < 4.78 is -2.75. The number of benzene rings is 3. The molecule has 0 heterocycles. The van der Waals surface area contributed by atoms with Crippen LogP contribution in [0.5, 0.6) is 0 Å². The van der Waals surface area contributed by atoms with E-state index >= 15 is 0 Å². The van der Waals surface area contributed by atoms with Gasteiger partial charge in [0.25, 0.3) is 0 Å². The molecule has 1 N–H and O–H groups in total. The van der Waals surface area contributed by atoms with Crippen LogP contribution in [0.2, 0.25) is 0 Å². The molecule has 3 heteroatoms. The van der Waals surface area contributed by atoms with Crippen molar-refractivity contribution < 1.29 is 5.11 Å². The van der Waals surface area contributed by atoms with Crippen molar-refractivity contribution in [1.29, 1.82) is 0 Å². The van der Waals surface area contributed by atoms with Gasteiger partial charge in [-0.05, 0) is 0 Å². The number of aliphatic hydroxyl groups excluding tert-OH is 1. The molecule has 0 amide bonds. The molecular formula is C23H26IOP. The van der Waals surface area contributed by atoms with Crippen molar-refractivity contribution >= 4 is 42.2 Å². The summed E-state index contributed by atoms with van der Waals surface area (Å²) in [6.45, 7) is 4.07. The van der Waals surface area contributed by atoms with Crippen molar-refractivity contribution in [1.82, 2.24) is 0 Å². The molecule has 0 bridgehead atoms. The molecule has 0 aromatic heterocycles. The van der Waals surface area contributed by atoms with Gasteiger partial charge < -0.3 is 0 Å². The van der Waals surface area contributed by atoms with E-state index in [0.717, 1.165) is 6.16 Å². The Kier molecular flexibility index (Phi) is 5.86. The van der Waals surface area contributed by atoms with E-state index in [1.807, 2.05) is 6.92 Å². The second kappa shape index (κ2) is 7.80. The summed E-state index contributed by atoms with van der Waals surface area (Å²) in [5, 5.41) is 14.5. The van der Waals surface area contributed by atoms with Crippen LogP contribution in [0.25, 0.3) is 0 Å². The molecule has 0 unspecified atom stereocenters. The maximum absolute atomic E-state index is 10.4. The molecule has 136 valence electrons. The van der Waals surface area contributed by atoms with Gasteiger partial charge in [0.2, 0.25) is 0 Å². The van der Waals surface area contributed by atoms with E-state index in [0.29, 0.717) is 0 Å². The van der Waals surface area contributed by atoms with Crippen molar-refractivity contribution in [3.8, 4) is 0 Å². The van der Waals surface area contributed by atoms with Crippen molar-refractivity contribution in [3.63, 3.8) is 0 Å². The molecule has 3 aromatic carbocycles. The van der Waals surface area contributed by atoms with Crippen LogP contribution in [0, 0.1) is 5.92 Å². The fourth-order valence-electron chi connectivity index (χ4n) is 3.67. The third-order valence-electron chi connectivity index (χ3n) is 5.34. The minimum absolute atomic E-state index is 0.185. The van der Waals surface area contributed by atoms with Gasteiger partial charge in [-0.2, -0.15) is 0 Å². The molecule has 0 aliphatic carbocycles. The summed E-state index contributed by atoms with van der Waals surface area (Å²) in [4.78, 5) is 0. The zero-order valence-electron chi connectivity index (χ0n) is 15.3. The van der Waals surface area contributed by atoms with E-state index in [2.05, 4.69) is 120 Å². The molecule has 0 radical (unpaired) electrons. The van der Waals surface area contributed by atoms with Crippen LogP contribution in [0.15, 0.2) is 91.0 Å². The first kappa shape index (κ1) is 19.5. The number of hydrogen-bond donors (Lipinski definition) is 1. The van der Waals surface area contributed by atoms with Gasteiger partial charge in [0.05, 0.1) is 0 Å². The average Bonchev–Trinajstić information content (AvgIpc) is 2.70. The molecule has 0 saturated heterocycles. The van der Waals surface area contributed by atoms with E-state index in [4.69, 9.17) is 0 Å². The van der Waals surface area contributed by atoms with Gasteiger partial charge in [-0.3, -0.25) is 0 Å². The Balaban J connectivity index is 2.39. The third-order valence-corrected chi connectivity index (χ3v) is 16.9.